The summed E-state index contributed by atoms with van der Waals surface area (Å²) in [5, 5.41) is 2.93. The largest absolute Gasteiger partial charge is 0.484 e. The van der Waals surface area contributed by atoms with Crippen molar-refractivity contribution in [2.45, 2.75) is 43.5 Å². The molecule has 0 spiro atoms. The number of ether oxygens (including phenoxy) is 2. The Kier molecular flexibility index (Phi) is 7.14. The summed E-state index contributed by atoms with van der Waals surface area (Å²) in [5.41, 5.74) is -0.454. The molecule has 2 aliphatic heterocycles. The molecule has 4 rings (SSSR count). The molecule has 7 nitrogen and oxygen atoms in total. The lowest BCUT2D eigenvalue weighted by atomic mass is 9.74. The predicted molar refractivity (Wildman–Crippen MR) is 114 cm³/mol. The van der Waals surface area contributed by atoms with Crippen molar-refractivity contribution in [3.63, 3.8) is 0 Å². The summed E-state index contributed by atoms with van der Waals surface area (Å²) in [5.74, 6) is -0.907. The minimum Gasteiger partial charge on any atom is -0.484 e. The standard InChI is InChI=1S/C22H26ClF4N3O4/c23-16-3-2-15(8-17(16)24)33-12-19(31)28-21(4-1-5-21)6-7-30-11-18(34-20(30)32)14-9-29(10-14)13-22(25,26)27/h2-3,8,14,18H,1,4-7,9-13H2,(H,28,31)/t18-/m0/s1. The highest BCUT2D eigenvalue weighted by molar-refractivity contribution is 6.30. The van der Waals surface area contributed by atoms with Gasteiger partial charge in [0, 0.05) is 37.2 Å². The van der Waals surface area contributed by atoms with Crippen molar-refractivity contribution in [3.8, 4) is 5.75 Å². The maximum atomic E-state index is 13.5. The quantitative estimate of drug-likeness (QED) is 0.517. The van der Waals surface area contributed by atoms with Gasteiger partial charge in [-0.1, -0.05) is 11.6 Å². The highest BCUT2D eigenvalue weighted by Gasteiger charge is 2.46. The molecule has 1 atom stereocenters. The zero-order valence-corrected chi connectivity index (χ0v) is 19.1. The average Bonchev–Trinajstić information content (AvgIpc) is 3.06. The van der Waals surface area contributed by atoms with E-state index in [0.717, 1.165) is 25.3 Å². The van der Waals surface area contributed by atoms with E-state index in [2.05, 4.69) is 5.32 Å². The van der Waals surface area contributed by atoms with Gasteiger partial charge >= 0.3 is 12.3 Å². The van der Waals surface area contributed by atoms with Crippen LogP contribution in [0.3, 0.4) is 0 Å². The van der Waals surface area contributed by atoms with Crippen molar-refractivity contribution in [1.82, 2.24) is 15.1 Å². The molecule has 0 aromatic heterocycles. The Bertz CT molecular complexity index is 922. The maximum absolute atomic E-state index is 13.5. The van der Waals surface area contributed by atoms with Gasteiger partial charge < -0.3 is 19.7 Å². The van der Waals surface area contributed by atoms with Gasteiger partial charge in [-0.2, -0.15) is 13.2 Å². The van der Waals surface area contributed by atoms with Crippen LogP contribution in [0, 0.1) is 11.7 Å². The average molecular weight is 508 g/mol. The van der Waals surface area contributed by atoms with E-state index in [4.69, 9.17) is 21.1 Å². The SMILES string of the molecule is O=C(COc1ccc(Cl)c(F)c1)NC1(CCN2C[C@@H](C3CN(CC(F)(F)F)C3)OC2=O)CCC1. The Morgan fingerprint density at radius 1 is 1.26 bits per heavy atom. The molecule has 2 heterocycles. The number of rotatable bonds is 9. The van der Waals surface area contributed by atoms with Gasteiger partial charge in [-0.25, -0.2) is 9.18 Å². The van der Waals surface area contributed by atoms with Crippen LogP contribution in [0.25, 0.3) is 0 Å². The molecule has 0 radical (unpaired) electrons. The second kappa shape index (κ2) is 9.77. The first-order valence-corrected chi connectivity index (χ1v) is 11.5. The molecule has 3 fully saturated rings. The van der Waals surface area contributed by atoms with E-state index in [0.29, 0.717) is 19.5 Å². The molecule has 3 aliphatic rings. The summed E-state index contributed by atoms with van der Waals surface area (Å²) in [6.07, 6.45) is -2.15. The summed E-state index contributed by atoms with van der Waals surface area (Å²) in [4.78, 5) is 27.5. The molecule has 1 aliphatic carbocycles. The molecule has 188 valence electrons. The van der Waals surface area contributed by atoms with Crippen molar-refractivity contribution in [2.24, 2.45) is 5.92 Å². The summed E-state index contributed by atoms with van der Waals surface area (Å²) < 4.78 is 61.6. The third kappa shape index (κ3) is 6.04. The zero-order valence-electron chi connectivity index (χ0n) is 18.4. The lowest BCUT2D eigenvalue weighted by Crippen LogP contribution is -2.56. The van der Waals surface area contributed by atoms with E-state index in [1.807, 2.05) is 0 Å². The van der Waals surface area contributed by atoms with Crippen LogP contribution in [0.4, 0.5) is 22.4 Å². The van der Waals surface area contributed by atoms with Gasteiger partial charge in [-0.15, -0.1) is 0 Å². The molecule has 0 bridgehead atoms. The van der Waals surface area contributed by atoms with Crippen molar-refractivity contribution in [1.29, 1.82) is 0 Å². The molecule has 0 unspecified atom stereocenters. The smallest absolute Gasteiger partial charge is 0.410 e. The van der Waals surface area contributed by atoms with Gasteiger partial charge in [0.2, 0.25) is 0 Å². The van der Waals surface area contributed by atoms with Crippen LogP contribution < -0.4 is 10.1 Å². The highest BCUT2D eigenvalue weighted by Crippen LogP contribution is 2.36. The Labute approximate surface area is 199 Å². The third-order valence-corrected chi connectivity index (χ3v) is 6.97. The number of likely N-dealkylation sites (tertiary alicyclic amines) is 1. The van der Waals surface area contributed by atoms with Crippen LogP contribution in [0.15, 0.2) is 18.2 Å². The first-order chi connectivity index (χ1) is 16.0. The zero-order chi connectivity index (χ0) is 24.5. The number of carbonyl (C=O) groups is 2. The number of nitrogens with one attached hydrogen (secondary N) is 1. The second-order valence-electron chi connectivity index (χ2n) is 9.23. The normalized spacial score (nSPS) is 22.7. The number of amides is 2. The predicted octanol–water partition coefficient (Wildman–Crippen LogP) is 3.60. The van der Waals surface area contributed by atoms with E-state index < -0.39 is 36.3 Å². The van der Waals surface area contributed by atoms with Gasteiger partial charge in [-0.3, -0.25) is 9.69 Å². The molecular formula is C22H26ClF4N3O4. The van der Waals surface area contributed by atoms with Gasteiger partial charge in [0.15, 0.2) is 6.61 Å². The first kappa shape index (κ1) is 24.8. The lowest BCUT2D eigenvalue weighted by molar-refractivity contribution is -0.163. The number of cyclic esters (lactones) is 1. The van der Waals surface area contributed by atoms with Crippen LogP contribution in [0.5, 0.6) is 5.75 Å². The summed E-state index contributed by atoms with van der Waals surface area (Å²) >= 11 is 5.63. The minimum absolute atomic E-state index is 0.0381. The molecule has 2 saturated heterocycles. The fourth-order valence-electron chi connectivity index (χ4n) is 4.63. The topological polar surface area (TPSA) is 71.1 Å². The molecule has 1 N–H and O–H groups in total. The summed E-state index contributed by atoms with van der Waals surface area (Å²) in [6.45, 7) is -0.0262. The Hall–Kier alpha value is -2.27. The fraction of sp³-hybridized carbons (Fsp3) is 0.636. The van der Waals surface area contributed by atoms with Crippen LogP contribution in [-0.2, 0) is 9.53 Å². The Balaban J connectivity index is 1.21. The third-order valence-electron chi connectivity index (χ3n) is 6.66. The van der Waals surface area contributed by atoms with Crippen LogP contribution in [-0.4, -0.2) is 79.0 Å². The van der Waals surface area contributed by atoms with Gasteiger partial charge in [0.25, 0.3) is 5.91 Å². The minimum atomic E-state index is -4.24. The van der Waals surface area contributed by atoms with E-state index in [-0.39, 0.29) is 42.3 Å². The number of benzene rings is 1. The highest BCUT2D eigenvalue weighted by atomic mass is 35.5. The van der Waals surface area contributed by atoms with Crippen molar-refractivity contribution < 1.29 is 36.6 Å². The van der Waals surface area contributed by atoms with Crippen LogP contribution >= 0.6 is 11.6 Å². The van der Waals surface area contributed by atoms with Gasteiger partial charge in [0.1, 0.15) is 17.7 Å². The van der Waals surface area contributed by atoms with Crippen molar-refractivity contribution in [2.75, 3.05) is 39.3 Å². The summed E-state index contributed by atoms with van der Waals surface area (Å²) in [6, 6.07) is 3.92. The first-order valence-electron chi connectivity index (χ1n) is 11.2. The number of carbonyl (C=O) groups excluding carboxylic acids is 2. The van der Waals surface area contributed by atoms with Crippen LogP contribution in [0.2, 0.25) is 5.02 Å². The van der Waals surface area contributed by atoms with E-state index in [1.165, 1.54) is 17.0 Å². The maximum Gasteiger partial charge on any atom is 0.410 e. The summed E-state index contributed by atoms with van der Waals surface area (Å²) in [7, 11) is 0. The Morgan fingerprint density at radius 2 is 2.00 bits per heavy atom. The van der Waals surface area contributed by atoms with E-state index in [9.17, 15) is 27.2 Å². The van der Waals surface area contributed by atoms with E-state index in [1.54, 1.807) is 4.90 Å². The van der Waals surface area contributed by atoms with Crippen molar-refractivity contribution >= 4 is 23.6 Å². The number of alkyl halides is 3. The van der Waals surface area contributed by atoms with Crippen molar-refractivity contribution in [3.05, 3.63) is 29.0 Å². The fourth-order valence-corrected chi connectivity index (χ4v) is 4.74. The number of halogens is 5. The molecule has 1 aromatic rings. The second-order valence-corrected chi connectivity index (χ2v) is 9.64. The molecule has 34 heavy (non-hydrogen) atoms. The molecule has 1 aromatic carbocycles. The number of nitrogens with zero attached hydrogens (tertiary/aromatic N) is 2. The van der Waals surface area contributed by atoms with Gasteiger partial charge in [0.05, 0.1) is 18.1 Å². The number of hydrogen-bond donors (Lipinski definition) is 1. The molecule has 1 saturated carbocycles. The van der Waals surface area contributed by atoms with Crippen LogP contribution in [0.1, 0.15) is 25.7 Å². The Morgan fingerprint density at radius 3 is 2.62 bits per heavy atom. The molecular weight excluding hydrogens is 482 g/mol. The molecule has 2 amide bonds. The monoisotopic (exact) mass is 507 g/mol. The number of hydrogen-bond acceptors (Lipinski definition) is 5. The lowest BCUT2D eigenvalue weighted by Gasteiger charge is -2.43. The van der Waals surface area contributed by atoms with E-state index >= 15 is 0 Å². The molecule has 12 heteroatoms. The van der Waals surface area contributed by atoms with Gasteiger partial charge in [-0.05, 0) is 37.8 Å².